The van der Waals surface area contributed by atoms with Crippen LogP contribution >= 0.6 is 11.8 Å². The first kappa shape index (κ1) is 19.4. The third-order valence-electron chi connectivity index (χ3n) is 7.24. The predicted octanol–water partition coefficient (Wildman–Crippen LogP) is 3.75. The molecule has 2 aromatic rings. The van der Waals surface area contributed by atoms with Crippen molar-refractivity contribution in [3.63, 3.8) is 0 Å². The standard InChI is InChI=1S/C24H31N3OS/c1-25-11-9-20(10-12-25)26-14-17-13-19(16-26)23-8-7-22(24(28)27(23)15-17)18-3-5-21(29-2)6-4-18/h3-8,17,19-20H,9-16H2,1-2H3. The van der Waals surface area contributed by atoms with Crippen LogP contribution in [0.5, 0.6) is 0 Å². The first-order chi connectivity index (χ1) is 14.1. The fourth-order valence-corrected chi connectivity index (χ4v) is 6.04. The molecule has 2 unspecified atom stereocenters. The minimum Gasteiger partial charge on any atom is -0.311 e. The van der Waals surface area contributed by atoms with Crippen molar-refractivity contribution in [2.24, 2.45) is 5.92 Å². The molecular weight excluding hydrogens is 378 g/mol. The zero-order valence-electron chi connectivity index (χ0n) is 17.5. The lowest BCUT2D eigenvalue weighted by atomic mass is 9.81. The first-order valence-electron chi connectivity index (χ1n) is 10.9. The van der Waals surface area contributed by atoms with E-state index in [-0.39, 0.29) is 5.56 Å². The highest BCUT2D eigenvalue weighted by Crippen LogP contribution is 2.37. The maximum Gasteiger partial charge on any atom is 0.258 e. The summed E-state index contributed by atoms with van der Waals surface area (Å²) in [5.41, 5.74) is 3.33. The first-order valence-corrected chi connectivity index (χ1v) is 12.2. The second kappa shape index (κ2) is 7.93. The normalized spacial score (nSPS) is 25.7. The molecule has 29 heavy (non-hydrogen) atoms. The van der Waals surface area contributed by atoms with E-state index in [1.54, 1.807) is 11.8 Å². The predicted molar refractivity (Wildman–Crippen MR) is 121 cm³/mol. The molecule has 0 radical (unpaired) electrons. The van der Waals surface area contributed by atoms with E-state index in [2.05, 4.69) is 64.1 Å². The van der Waals surface area contributed by atoms with E-state index in [0.29, 0.717) is 11.8 Å². The molecule has 2 saturated heterocycles. The van der Waals surface area contributed by atoms with E-state index in [1.165, 1.54) is 42.9 Å². The molecule has 0 N–H and O–H groups in total. The van der Waals surface area contributed by atoms with E-state index >= 15 is 0 Å². The van der Waals surface area contributed by atoms with Crippen LogP contribution in [0.25, 0.3) is 11.1 Å². The van der Waals surface area contributed by atoms with Crippen molar-refractivity contribution < 1.29 is 0 Å². The van der Waals surface area contributed by atoms with Gasteiger partial charge in [-0.25, -0.2) is 0 Å². The third kappa shape index (κ3) is 3.69. The van der Waals surface area contributed by atoms with Crippen molar-refractivity contribution in [1.29, 1.82) is 0 Å². The summed E-state index contributed by atoms with van der Waals surface area (Å²) in [7, 11) is 2.23. The van der Waals surface area contributed by atoms with Crippen LogP contribution in [0, 0.1) is 5.92 Å². The van der Waals surface area contributed by atoms with Gasteiger partial charge in [0.25, 0.3) is 5.56 Å². The molecule has 5 rings (SSSR count). The number of hydrogen-bond acceptors (Lipinski definition) is 4. The molecule has 4 heterocycles. The molecule has 0 spiro atoms. The number of benzene rings is 1. The van der Waals surface area contributed by atoms with E-state index < -0.39 is 0 Å². The van der Waals surface area contributed by atoms with Gasteiger partial charge < -0.3 is 9.47 Å². The maximum atomic E-state index is 13.4. The van der Waals surface area contributed by atoms with Crippen LogP contribution < -0.4 is 5.56 Å². The fraction of sp³-hybridized carbons (Fsp3) is 0.542. The molecule has 2 fully saturated rings. The molecule has 0 amide bonds. The fourth-order valence-electron chi connectivity index (χ4n) is 5.63. The SMILES string of the molecule is CSc1ccc(-c2ccc3n(c2=O)CC2CC3CN(C3CCN(C)CC3)C2)cc1. The summed E-state index contributed by atoms with van der Waals surface area (Å²) in [4.78, 5) is 19.8. The van der Waals surface area contributed by atoms with Gasteiger partial charge >= 0.3 is 0 Å². The molecule has 2 atom stereocenters. The van der Waals surface area contributed by atoms with E-state index in [4.69, 9.17) is 0 Å². The Balaban J connectivity index is 1.41. The Bertz CT molecular complexity index is 930. The summed E-state index contributed by atoms with van der Waals surface area (Å²) in [6.07, 6.45) is 5.89. The van der Waals surface area contributed by atoms with Crippen molar-refractivity contribution in [2.75, 3.05) is 39.5 Å². The number of rotatable bonds is 3. The van der Waals surface area contributed by atoms with Crippen LogP contribution in [-0.4, -0.2) is 59.9 Å². The number of fused-ring (bicyclic) bond motifs is 4. The van der Waals surface area contributed by atoms with E-state index in [1.807, 2.05) is 0 Å². The van der Waals surface area contributed by atoms with Crippen LogP contribution in [0.1, 0.15) is 30.9 Å². The summed E-state index contributed by atoms with van der Waals surface area (Å²) in [6, 6.07) is 13.4. The Kier molecular flexibility index (Phi) is 5.31. The molecule has 5 heteroatoms. The second-order valence-electron chi connectivity index (χ2n) is 9.10. The maximum absolute atomic E-state index is 13.4. The zero-order valence-corrected chi connectivity index (χ0v) is 18.3. The molecule has 154 valence electrons. The van der Waals surface area contributed by atoms with Crippen molar-refractivity contribution in [2.45, 2.75) is 42.7 Å². The number of pyridine rings is 1. The van der Waals surface area contributed by atoms with Gasteiger partial charge in [0.05, 0.1) is 0 Å². The molecular formula is C24H31N3OS. The monoisotopic (exact) mass is 409 g/mol. The van der Waals surface area contributed by atoms with Gasteiger partial charge in [0, 0.05) is 47.7 Å². The molecule has 3 aliphatic rings. The smallest absolute Gasteiger partial charge is 0.258 e. The largest absolute Gasteiger partial charge is 0.311 e. The van der Waals surface area contributed by atoms with Gasteiger partial charge in [0.2, 0.25) is 0 Å². The molecule has 0 saturated carbocycles. The van der Waals surface area contributed by atoms with Crippen LogP contribution in [-0.2, 0) is 6.54 Å². The Morgan fingerprint density at radius 3 is 2.45 bits per heavy atom. The molecule has 3 aliphatic heterocycles. The van der Waals surface area contributed by atoms with Crippen molar-refractivity contribution in [3.8, 4) is 11.1 Å². The molecule has 0 aliphatic carbocycles. The van der Waals surface area contributed by atoms with Gasteiger partial charge in [-0.3, -0.25) is 9.69 Å². The summed E-state index contributed by atoms with van der Waals surface area (Å²) >= 11 is 1.73. The minimum atomic E-state index is 0.196. The van der Waals surface area contributed by atoms with Crippen molar-refractivity contribution in [1.82, 2.24) is 14.4 Å². The number of hydrogen-bond donors (Lipinski definition) is 0. The number of thioether (sulfide) groups is 1. The van der Waals surface area contributed by atoms with Crippen LogP contribution in [0.3, 0.4) is 0 Å². The number of piperidine rings is 2. The van der Waals surface area contributed by atoms with Crippen LogP contribution in [0.15, 0.2) is 46.1 Å². The quantitative estimate of drug-likeness (QED) is 0.722. The lowest BCUT2D eigenvalue weighted by Gasteiger charge is -2.47. The van der Waals surface area contributed by atoms with Crippen LogP contribution in [0.4, 0.5) is 0 Å². The zero-order chi connectivity index (χ0) is 20.0. The van der Waals surface area contributed by atoms with Gasteiger partial charge in [-0.05, 0) is 81.4 Å². The highest BCUT2D eigenvalue weighted by Gasteiger charge is 2.37. The average molecular weight is 410 g/mol. The highest BCUT2D eigenvalue weighted by atomic mass is 32.2. The lowest BCUT2D eigenvalue weighted by Crippen LogP contribution is -2.53. The third-order valence-corrected chi connectivity index (χ3v) is 7.98. The summed E-state index contributed by atoms with van der Waals surface area (Å²) < 4.78 is 2.10. The number of aromatic nitrogens is 1. The van der Waals surface area contributed by atoms with Gasteiger partial charge in [0.15, 0.2) is 0 Å². The van der Waals surface area contributed by atoms with E-state index in [0.717, 1.165) is 36.8 Å². The number of nitrogens with zero attached hydrogens (tertiary/aromatic N) is 3. The van der Waals surface area contributed by atoms with Gasteiger partial charge in [0.1, 0.15) is 0 Å². The molecule has 1 aromatic carbocycles. The molecule has 2 bridgehead atoms. The summed E-state index contributed by atoms with van der Waals surface area (Å²) in [5.74, 6) is 1.11. The second-order valence-corrected chi connectivity index (χ2v) is 9.98. The Hall–Kier alpha value is -1.56. The molecule has 4 nitrogen and oxygen atoms in total. The highest BCUT2D eigenvalue weighted by molar-refractivity contribution is 7.98. The summed E-state index contributed by atoms with van der Waals surface area (Å²) in [5, 5.41) is 0. The van der Waals surface area contributed by atoms with Crippen molar-refractivity contribution >= 4 is 11.8 Å². The average Bonchev–Trinajstić information content (AvgIpc) is 2.75. The lowest BCUT2D eigenvalue weighted by molar-refractivity contribution is 0.0517. The molecule has 1 aromatic heterocycles. The Morgan fingerprint density at radius 2 is 1.72 bits per heavy atom. The van der Waals surface area contributed by atoms with Gasteiger partial charge in [-0.15, -0.1) is 11.8 Å². The summed E-state index contributed by atoms with van der Waals surface area (Å²) in [6.45, 7) is 5.58. The Morgan fingerprint density at radius 1 is 0.966 bits per heavy atom. The minimum absolute atomic E-state index is 0.196. The Labute approximate surface area is 177 Å². The number of likely N-dealkylation sites (tertiary alicyclic amines) is 2. The van der Waals surface area contributed by atoms with Gasteiger partial charge in [-0.2, -0.15) is 0 Å². The van der Waals surface area contributed by atoms with Gasteiger partial charge in [-0.1, -0.05) is 12.1 Å². The van der Waals surface area contributed by atoms with Crippen LogP contribution in [0.2, 0.25) is 0 Å². The topological polar surface area (TPSA) is 28.5 Å². The van der Waals surface area contributed by atoms with E-state index in [9.17, 15) is 4.79 Å². The van der Waals surface area contributed by atoms with Crippen molar-refractivity contribution in [3.05, 3.63) is 52.4 Å².